The van der Waals surface area contributed by atoms with Gasteiger partial charge in [-0.2, -0.15) is 0 Å². The molecule has 0 bridgehead atoms. The predicted octanol–water partition coefficient (Wildman–Crippen LogP) is 1.72. The van der Waals surface area contributed by atoms with Gasteiger partial charge in [0.2, 0.25) is 5.91 Å². The fourth-order valence-corrected chi connectivity index (χ4v) is 2.25. The van der Waals surface area contributed by atoms with Gasteiger partial charge < -0.3 is 10.0 Å². The first-order valence-electron chi connectivity index (χ1n) is 6.29. The summed E-state index contributed by atoms with van der Waals surface area (Å²) in [6.45, 7) is 2.75. The summed E-state index contributed by atoms with van der Waals surface area (Å²) in [5.74, 6) is 5.74. The molecule has 1 N–H and O–H groups in total. The molecule has 0 spiro atoms. The van der Waals surface area contributed by atoms with Crippen LogP contribution in [0.2, 0.25) is 0 Å². The van der Waals surface area contributed by atoms with E-state index >= 15 is 0 Å². The molecule has 1 fully saturated rings. The highest BCUT2D eigenvalue weighted by Crippen LogP contribution is 2.26. The van der Waals surface area contributed by atoms with E-state index in [0.717, 1.165) is 36.2 Å². The molecular weight excluding hydrogens is 226 g/mol. The monoisotopic (exact) mass is 243 g/mol. The van der Waals surface area contributed by atoms with E-state index in [1.54, 1.807) is 0 Å². The van der Waals surface area contributed by atoms with Crippen LogP contribution in [0.3, 0.4) is 0 Å². The number of aliphatic hydroxyl groups is 1. The van der Waals surface area contributed by atoms with Gasteiger partial charge in [0.05, 0.1) is 0 Å². The third-order valence-corrected chi connectivity index (χ3v) is 3.14. The molecule has 3 nitrogen and oxygen atoms in total. The van der Waals surface area contributed by atoms with Crippen LogP contribution in [0.15, 0.2) is 18.2 Å². The number of aliphatic hydroxyl groups excluding tert-OH is 1. The Bertz CT molecular complexity index is 511. The number of nitrogens with zero attached hydrogens (tertiary/aromatic N) is 1. The average Bonchev–Trinajstić information content (AvgIpc) is 2.82. The van der Waals surface area contributed by atoms with Gasteiger partial charge in [0.25, 0.3) is 0 Å². The molecule has 3 heteroatoms. The van der Waals surface area contributed by atoms with Gasteiger partial charge >= 0.3 is 0 Å². The van der Waals surface area contributed by atoms with Crippen LogP contribution in [0.25, 0.3) is 0 Å². The lowest BCUT2D eigenvalue weighted by Crippen LogP contribution is -2.24. The third-order valence-electron chi connectivity index (χ3n) is 3.14. The van der Waals surface area contributed by atoms with Crippen molar-refractivity contribution in [3.05, 3.63) is 29.3 Å². The molecule has 18 heavy (non-hydrogen) atoms. The van der Waals surface area contributed by atoms with E-state index in [1.165, 1.54) is 0 Å². The number of carbonyl (C=O) groups is 1. The van der Waals surface area contributed by atoms with E-state index < -0.39 is 0 Å². The summed E-state index contributed by atoms with van der Waals surface area (Å²) in [6.07, 6.45) is 2.46. The molecule has 0 radical (unpaired) electrons. The molecule has 94 valence electrons. The molecule has 1 aliphatic rings. The summed E-state index contributed by atoms with van der Waals surface area (Å²) in [6, 6.07) is 5.87. The molecule has 1 aromatic carbocycles. The van der Waals surface area contributed by atoms with Gasteiger partial charge in [-0.1, -0.05) is 18.8 Å². The van der Waals surface area contributed by atoms with Crippen molar-refractivity contribution in [3.63, 3.8) is 0 Å². The van der Waals surface area contributed by atoms with Crippen molar-refractivity contribution in [2.24, 2.45) is 0 Å². The second-order valence-electron chi connectivity index (χ2n) is 4.31. The largest absolute Gasteiger partial charge is 0.384 e. The molecule has 1 aliphatic heterocycles. The molecule has 1 amide bonds. The highest BCUT2D eigenvalue weighted by atomic mass is 16.2. The van der Waals surface area contributed by atoms with Crippen LogP contribution in [0, 0.1) is 11.8 Å². The number of benzene rings is 1. The topological polar surface area (TPSA) is 40.5 Å². The number of aryl methyl sites for hydroxylation is 1. The quantitative estimate of drug-likeness (QED) is 0.803. The lowest BCUT2D eigenvalue weighted by molar-refractivity contribution is -0.117. The van der Waals surface area contributed by atoms with Crippen LogP contribution in [0.1, 0.15) is 30.9 Å². The summed E-state index contributed by atoms with van der Waals surface area (Å²) in [5.41, 5.74) is 3.03. The maximum absolute atomic E-state index is 11.8. The Morgan fingerprint density at radius 3 is 2.89 bits per heavy atom. The van der Waals surface area contributed by atoms with E-state index in [2.05, 4.69) is 18.8 Å². The van der Waals surface area contributed by atoms with Crippen molar-refractivity contribution >= 4 is 11.6 Å². The minimum Gasteiger partial charge on any atom is -0.384 e. The van der Waals surface area contributed by atoms with Crippen molar-refractivity contribution in [2.75, 3.05) is 18.1 Å². The Morgan fingerprint density at radius 1 is 1.44 bits per heavy atom. The second-order valence-corrected chi connectivity index (χ2v) is 4.31. The summed E-state index contributed by atoms with van der Waals surface area (Å²) in [4.78, 5) is 13.6. The second kappa shape index (κ2) is 5.70. The number of carbonyl (C=O) groups excluding carboxylic acids is 1. The van der Waals surface area contributed by atoms with Crippen LogP contribution in [-0.4, -0.2) is 24.2 Å². The molecule has 1 aromatic rings. The van der Waals surface area contributed by atoms with E-state index in [-0.39, 0.29) is 12.5 Å². The molecule has 1 saturated heterocycles. The van der Waals surface area contributed by atoms with E-state index in [4.69, 9.17) is 5.11 Å². The fraction of sp³-hybridized carbons (Fsp3) is 0.400. The van der Waals surface area contributed by atoms with Crippen LogP contribution in [0.4, 0.5) is 5.69 Å². The highest BCUT2D eigenvalue weighted by molar-refractivity contribution is 5.96. The fourth-order valence-electron chi connectivity index (χ4n) is 2.25. The van der Waals surface area contributed by atoms with Gasteiger partial charge in [-0.3, -0.25) is 4.79 Å². The Morgan fingerprint density at radius 2 is 2.28 bits per heavy atom. The van der Waals surface area contributed by atoms with E-state index in [1.807, 2.05) is 23.1 Å². The molecule has 0 unspecified atom stereocenters. The summed E-state index contributed by atoms with van der Waals surface area (Å²) >= 11 is 0. The smallest absolute Gasteiger partial charge is 0.227 e. The third kappa shape index (κ3) is 2.55. The predicted molar refractivity (Wildman–Crippen MR) is 71.4 cm³/mol. The molecule has 0 aliphatic carbocycles. The normalized spacial score (nSPS) is 14.6. The maximum atomic E-state index is 11.8. The number of amides is 1. The Hall–Kier alpha value is -1.79. The summed E-state index contributed by atoms with van der Waals surface area (Å²) < 4.78 is 0. The molecule has 0 atom stereocenters. The van der Waals surface area contributed by atoms with Crippen molar-refractivity contribution in [2.45, 2.75) is 26.2 Å². The number of rotatable bonds is 2. The Kier molecular flexibility index (Phi) is 4.01. The number of anilines is 1. The minimum atomic E-state index is -0.131. The summed E-state index contributed by atoms with van der Waals surface area (Å²) in [5, 5.41) is 8.69. The number of hydrogen-bond acceptors (Lipinski definition) is 2. The Balaban J connectivity index is 2.34. The highest BCUT2D eigenvalue weighted by Gasteiger charge is 2.23. The average molecular weight is 243 g/mol. The van der Waals surface area contributed by atoms with E-state index in [0.29, 0.717) is 6.42 Å². The minimum absolute atomic E-state index is 0.131. The standard InChI is InChI=1S/C15H17NO2/c1-2-13-11-12(5-4-10-17)7-8-14(13)16-9-3-6-15(16)18/h7-8,11,17H,2-3,6,9-10H2,1H3. The van der Waals surface area contributed by atoms with Crippen molar-refractivity contribution in [3.8, 4) is 11.8 Å². The van der Waals surface area contributed by atoms with Crippen LogP contribution in [-0.2, 0) is 11.2 Å². The van der Waals surface area contributed by atoms with Gasteiger partial charge in [0.15, 0.2) is 0 Å². The van der Waals surface area contributed by atoms with Crippen LogP contribution >= 0.6 is 0 Å². The molecule has 0 aromatic heterocycles. The lowest BCUT2D eigenvalue weighted by Gasteiger charge is -2.19. The van der Waals surface area contributed by atoms with E-state index in [9.17, 15) is 4.79 Å². The van der Waals surface area contributed by atoms with Crippen molar-refractivity contribution in [1.29, 1.82) is 0 Å². The van der Waals surface area contributed by atoms with Gasteiger partial charge in [0, 0.05) is 24.2 Å². The zero-order valence-corrected chi connectivity index (χ0v) is 10.6. The molecule has 0 saturated carbocycles. The maximum Gasteiger partial charge on any atom is 0.227 e. The lowest BCUT2D eigenvalue weighted by atomic mass is 10.1. The zero-order valence-electron chi connectivity index (χ0n) is 10.6. The molecule has 1 heterocycles. The van der Waals surface area contributed by atoms with Crippen LogP contribution in [0.5, 0.6) is 0 Å². The zero-order chi connectivity index (χ0) is 13.0. The van der Waals surface area contributed by atoms with Gasteiger partial charge in [-0.05, 0) is 36.6 Å². The first-order chi connectivity index (χ1) is 8.76. The van der Waals surface area contributed by atoms with Crippen molar-refractivity contribution in [1.82, 2.24) is 0 Å². The van der Waals surface area contributed by atoms with Gasteiger partial charge in [0.1, 0.15) is 6.61 Å². The number of hydrogen-bond donors (Lipinski definition) is 1. The first-order valence-corrected chi connectivity index (χ1v) is 6.29. The summed E-state index contributed by atoms with van der Waals surface area (Å²) in [7, 11) is 0. The van der Waals surface area contributed by atoms with Crippen LogP contribution < -0.4 is 4.90 Å². The Labute approximate surface area is 107 Å². The van der Waals surface area contributed by atoms with Gasteiger partial charge in [-0.15, -0.1) is 0 Å². The SMILES string of the molecule is CCc1cc(C#CCO)ccc1N1CCCC1=O. The molecular formula is C15H17NO2. The van der Waals surface area contributed by atoms with Crippen molar-refractivity contribution < 1.29 is 9.90 Å². The molecule has 2 rings (SSSR count). The van der Waals surface area contributed by atoms with Gasteiger partial charge in [-0.25, -0.2) is 0 Å². The first kappa shape index (κ1) is 12.7.